The lowest BCUT2D eigenvalue weighted by molar-refractivity contribution is -0.163. The quantitative estimate of drug-likeness (QED) is 0.429. The number of carbonyl (C=O) groups excluding carboxylic acids is 2. The van der Waals surface area contributed by atoms with Gasteiger partial charge in [0.25, 0.3) is 0 Å². The largest absolute Gasteiger partial charge is 0.465 e. The summed E-state index contributed by atoms with van der Waals surface area (Å²) in [5, 5.41) is 0. The average Bonchev–Trinajstić information content (AvgIpc) is 2.27. The number of rotatable bonds is 2. The molecule has 94 valence electrons. The van der Waals surface area contributed by atoms with Gasteiger partial charge < -0.3 is 4.74 Å². The highest BCUT2D eigenvalue weighted by Gasteiger charge is 2.58. The molecule has 3 atom stereocenters. The molecule has 5 heteroatoms. The minimum Gasteiger partial charge on any atom is -0.465 e. The van der Waals surface area contributed by atoms with Gasteiger partial charge in [-0.25, -0.2) is 0 Å². The van der Waals surface area contributed by atoms with Crippen LogP contribution in [0, 0.1) is 11.3 Å². The van der Waals surface area contributed by atoms with Crippen LogP contribution in [0.25, 0.3) is 0 Å². The molecule has 3 nitrogen and oxygen atoms in total. The van der Waals surface area contributed by atoms with E-state index < -0.39 is 5.41 Å². The van der Waals surface area contributed by atoms with Crippen LogP contribution in [0.2, 0.25) is 0 Å². The van der Waals surface area contributed by atoms with E-state index in [-0.39, 0.29) is 22.5 Å². The molecule has 0 radical (unpaired) electrons. The summed E-state index contributed by atoms with van der Waals surface area (Å²) in [6.45, 7) is 2.07. The van der Waals surface area contributed by atoms with Gasteiger partial charge in [-0.2, -0.15) is 0 Å². The summed E-state index contributed by atoms with van der Waals surface area (Å²) in [5.74, 6) is -0.548. The van der Waals surface area contributed by atoms with E-state index in [9.17, 15) is 9.59 Å². The van der Waals surface area contributed by atoms with Crippen LogP contribution < -0.4 is 0 Å². The minimum absolute atomic E-state index is 0.00144. The summed E-state index contributed by atoms with van der Waals surface area (Å²) in [6.07, 6.45) is 4.19. The third-order valence-corrected chi connectivity index (χ3v) is 5.43. The lowest BCUT2D eigenvalue weighted by Gasteiger charge is -2.42. The zero-order valence-electron chi connectivity index (χ0n) is 9.54. The van der Waals surface area contributed by atoms with Gasteiger partial charge in [-0.05, 0) is 19.8 Å². The molecule has 1 fully saturated rings. The van der Waals surface area contributed by atoms with Gasteiger partial charge in [-0.3, -0.25) is 9.59 Å². The van der Waals surface area contributed by atoms with Crippen molar-refractivity contribution in [3.63, 3.8) is 0 Å². The Kier molecular flexibility index (Phi) is 3.78. The zero-order chi connectivity index (χ0) is 12.6. The molecule has 2 bridgehead atoms. The first-order valence-electron chi connectivity index (χ1n) is 5.77. The molecule has 0 aromatic heterocycles. The monoisotopic (exact) mass is 364 g/mol. The van der Waals surface area contributed by atoms with Crippen LogP contribution in [0.15, 0.2) is 10.6 Å². The fourth-order valence-corrected chi connectivity index (χ4v) is 4.64. The molecule has 0 heterocycles. The van der Waals surface area contributed by atoms with Crippen LogP contribution in [0.1, 0.15) is 26.2 Å². The van der Waals surface area contributed by atoms with Crippen molar-refractivity contribution < 1.29 is 14.3 Å². The van der Waals surface area contributed by atoms with Gasteiger partial charge in [-0.15, -0.1) is 0 Å². The number of ether oxygens (including phenoxy) is 1. The summed E-state index contributed by atoms with van der Waals surface area (Å²) < 4.78 is 5.99. The second-order valence-electron chi connectivity index (χ2n) is 4.45. The number of fused-ring (bicyclic) bond motifs is 2. The van der Waals surface area contributed by atoms with E-state index in [4.69, 9.17) is 4.74 Å². The first-order chi connectivity index (χ1) is 8.04. The van der Waals surface area contributed by atoms with Gasteiger partial charge in [0.15, 0.2) is 5.78 Å². The van der Waals surface area contributed by atoms with Crippen LogP contribution in [0.5, 0.6) is 0 Å². The highest BCUT2D eigenvalue weighted by atomic mass is 79.9. The Morgan fingerprint density at radius 3 is 3.00 bits per heavy atom. The fraction of sp³-hybridized carbons (Fsp3) is 0.667. The average molecular weight is 366 g/mol. The minimum atomic E-state index is -1.00. The Morgan fingerprint density at radius 1 is 1.65 bits per heavy atom. The van der Waals surface area contributed by atoms with Crippen molar-refractivity contribution in [3.8, 4) is 0 Å². The molecule has 0 aromatic rings. The Bertz CT molecular complexity index is 391. The third-order valence-electron chi connectivity index (χ3n) is 3.57. The molecular formula is C12H14Br2O3. The molecule has 0 saturated heterocycles. The van der Waals surface area contributed by atoms with E-state index in [2.05, 4.69) is 31.9 Å². The molecule has 0 aromatic carbocycles. The van der Waals surface area contributed by atoms with E-state index >= 15 is 0 Å². The van der Waals surface area contributed by atoms with Crippen LogP contribution in [-0.2, 0) is 14.3 Å². The Labute approximate surface area is 117 Å². The molecule has 0 aliphatic heterocycles. The highest BCUT2D eigenvalue weighted by Crippen LogP contribution is 2.50. The summed E-state index contributed by atoms with van der Waals surface area (Å²) in [7, 11) is 0. The van der Waals surface area contributed by atoms with Crippen molar-refractivity contribution in [2.45, 2.75) is 31.0 Å². The van der Waals surface area contributed by atoms with Crippen molar-refractivity contribution in [1.29, 1.82) is 0 Å². The van der Waals surface area contributed by atoms with Gasteiger partial charge in [0, 0.05) is 4.48 Å². The molecule has 1 saturated carbocycles. The van der Waals surface area contributed by atoms with Crippen molar-refractivity contribution in [1.82, 2.24) is 0 Å². The van der Waals surface area contributed by atoms with Crippen molar-refractivity contribution >= 4 is 43.6 Å². The molecule has 1 unspecified atom stereocenters. The lowest BCUT2D eigenvalue weighted by atomic mass is 9.63. The Balaban J connectivity index is 2.43. The van der Waals surface area contributed by atoms with Gasteiger partial charge >= 0.3 is 5.97 Å². The second kappa shape index (κ2) is 4.84. The van der Waals surface area contributed by atoms with E-state index in [1.165, 1.54) is 0 Å². The SMILES string of the molecule is CCOC(=O)[C@@]12CCC[C@@H](C1=O)C(Br)=CC2Br. The van der Waals surface area contributed by atoms with E-state index in [0.717, 1.165) is 17.3 Å². The van der Waals surface area contributed by atoms with Crippen LogP contribution in [0.4, 0.5) is 0 Å². The van der Waals surface area contributed by atoms with E-state index in [1.54, 1.807) is 6.92 Å². The molecule has 0 N–H and O–H groups in total. The smallest absolute Gasteiger partial charge is 0.321 e. The second-order valence-corrected chi connectivity index (χ2v) is 6.36. The standard InChI is InChI=1S/C12H14Br2O3/c1-2-17-11(16)12-5-3-4-7(10(12)15)8(13)6-9(12)14/h6-7,9H,2-5H2,1H3/t7-,9?,12-/m1/s1. The summed E-state index contributed by atoms with van der Waals surface area (Å²) >= 11 is 6.88. The first kappa shape index (κ1) is 13.3. The molecule has 2 rings (SSSR count). The van der Waals surface area contributed by atoms with Crippen LogP contribution in [-0.4, -0.2) is 23.2 Å². The third kappa shape index (κ3) is 1.91. The number of allylic oxidation sites excluding steroid dienone is 2. The predicted molar refractivity (Wildman–Crippen MR) is 71.1 cm³/mol. The maximum absolute atomic E-state index is 12.5. The van der Waals surface area contributed by atoms with Crippen molar-refractivity contribution in [2.75, 3.05) is 6.61 Å². The first-order valence-corrected chi connectivity index (χ1v) is 7.47. The van der Waals surface area contributed by atoms with Crippen molar-refractivity contribution in [2.24, 2.45) is 11.3 Å². The van der Waals surface area contributed by atoms with Gasteiger partial charge in [0.2, 0.25) is 0 Å². The van der Waals surface area contributed by atoms with Gasteiger partial charge in [-0.1, -0.05) is 44.4 Å². The van der Waals surface area contributed by atoms with Crippen molar-refractivity contribution in [3.05, 3.63) is 10.6 Å². The maximum atomic E-state index is 12.5. The number of esters is 1. The number of ketones is 1. The summed E-state index contributed by atoms with van der Waals surface area (Å²) in [5.41, 5.74) is -1.00. The van der Waals surface area contributed by atoms with E-state index in [1.807, 2.05) is 6.08 Å². The number of carbonyl (C=O) groups is 2. The number of Topliss-reactive ketones (excluding diaryl/α,β-unsaturated/α-hetero) is 1. The number of alkyl halides is 1. The maximum Gasteiger partial charge on any atom is 0.321 e. The van der Waals surface area contributed by atoms with E-state index in [0.29, 0.717) is 13.0 Å². The Hall–Kier alpha value is -0.160. The molecule has 2 aliphatic carbocycles. The number of hydrogen-bond acceptors (Lipinski definition) is 3. The van der Waals surface area contributed by atoms with Crippen LogP contribution >= 0.6 is 31.9 Å². The van der Waals surface area contributed by atoms with Gasteiger partial charge in [0.1, 0.15) is 5.41 Å². The fourth-order valence-electron chi connectivity index (χ4n) is 2.66. The lowest BCUT2D eigenvalue weighted by Crippen LogP contribution is -2.54. The highest BCUT2D eigenvalue weighted by molar-refractivity contribution is 9.12. The molecular weight excluding hydrogens is 352 g/mol. The summed E-state index contributed by atoms with van der Waals surface area (Å²) in [6, 6.07) is 0. The normalized spacial score (nSPS) is 36.4. The predicted octanol–water partition coefficient (Wildman–Crippen LogP) is 2.96. The molecule has 17 heavy (non-hydrogen) atoms. The van der Waals surface area contributed by atoms with Crippen LogP contribution in [0.3, 0.4) is 0 Å². The molecule has 0 spiro atoms. The van der Waals surface area contributed by atoms with Gasteiger partial charge in [0.05, 0.1) is 17.4 Å². The molecule has 2 aliphatic rings. The Morgan fingerprint density at radius 2 is 2.35 bits per heavy atom. The molecule has 0 amide bonds. The summed E-state index contributed by atoms with van der Waals surface area (Å²) in [4.78, 5) is 24.3. The zero-order valence-corrected chi connectivity index (χ0v) is 12.7. The topological polar surface area (TPSA) is 43.4 Å². The number of hydrogen-bond donors (Lipinski definition) is 0. The number of halogens is 2.